The lowest BCUT2D eigenvalue weighted by molar-refractivity contribution is 0.146. The van der Waals surface area contributed by atoms with Gasteiger partial charge in [0, 0.05) is 5.92 Å². The minimum absolute atomic E-state index is 0.415. The lowest BCUT2D eigenvalue weighted by Gasteiger charge is -2.17. The van der Waals surface area contributed by atoms with E-state index in [0.29, 0.717) is 5.92 Å². The molecule has 0 aromatic heterocycles. The second-order valence-corrected chi connectivity index (χ2v) is 4.18. The summed E-state index contributed by atoms with van der Waals surface area (Å²) < 4.78 is 5.46. The molecule has 0 N–H and O–H groups in total. The predicted molar refractivity (Wildman–Crippen MR) is 66.6 cm³/mol. The zero-order valence-corrected chi connectivity index (χ0v) is 9.10. The van der Waals surface area contributed by atoms with Gasteiger partial charge in [-0.3, -0.25) is 0 Å². The molecule has 1 aliphatic heterocycles. The van der Waals surface area contributed by atoms with Crippen LogP contribution in [0.5, 0.6) is 0 Å². The second-order valence-electron chi connectivity index (χ2n) is 4.18. The molecular formula is C15H14O. The average molecular weight is 210 g/mol. The Kier molecular flexibility index (Phi) is 2.47. The molecule has 1 nitrogen and oxygen atoms in total. The van der Waals surface area contributed by atoms with Crippen LogP contribution in [0.4, 0.5) is 0 Å². The van der Waals surface area contributed by atoms with Crippen LogP contribution in [-0.2, 0) is 4.74 Å². The third-order valence-corrected chi connectivity index (χ3v) is 3.08. The first kappa shape index (κ1) is 9.61. The SMILES string of the molecule is C1=CC(c2ccc3ccccc3c2)COC1. The molecule has 80 valence electrons. The second kappa shape index (κ2) is 4.11. The molecule has 1 unspecified atom stereocenters. The van der Waals surface area contributed by atoms with Crippen LogP contribution in [0.25, 0.3) is 10.8 Å². The molecule has 0 fully saturated rings. The number of hydrogen-bond donors (Lipinski definition) is 0. The minimum Gasteiger partial charge on any atom is -0.376 e. The first-order valence-corrected chi connectivity index (χ1v) is 5.66. The summed E-state index contributed by atoms with van der Waals surface area (Å²) in [5.41, 5.74) is 1.34. The van der Waals surface area contributed by atoms with Gasteiger partial charge in [-0.1, -0.05) is 54.6 Å². The lowest BCUT2D eigenvalue weighted by atomic mass is 9.96. The van der Waals surface area contributed by atoms with Crippen molar-refractivity contribution < 1.29 is 4.74 Å². The molecule has 0 aliphatic carbocycles. The van der Waals surface area contributed by atoms with E-state index in [-0.39, 0.29) is 0 Å². The first-order chi connectivity index (χ1) is 7.93. The third kappa shape index (κ3) is 1.74. The maximum absolute atomic E-state index is 5.46. The van der Waals surface area contributed by atoms with Crippen molar-refractivity contribution in [2.24, 2.45) is 0 Å². The zero-order chi connectivity index (χ0) is 10.8. The van der Waals surface area contributed by atoms with Gasteiger partial charge >= 0.3 is 0 Å². The van der Waals surface area contributed by atoms with E-state index in [0.717, 1.165) is 13.2 Å². The zero-order valence-electron chi connectivity index (χ0n) is 9.10. The van der Waals surface area contributed by atoms with Gasteiger partial charge in [-0.15, -0.1) is 0 Å². The van der Waals surface area contributed by atoms with Gasteiger partial charge in [-0.2, -0.15) is 0 Å². The van der Waals surface area contributed by atoms with Gasteiger partial charge in [-0.05, 0) is 16.3 Å². The van der Waals surface area contributed by atoms with Crippen molar-refractivity contribution in [2.75, 3.05) is 13.2 Å². The summed E-state index contributed by atoms with van der Waals surface area (Å²) in [5, 5.41) is 2.60. The van der Waals surface area contributed by atoms with Gasteiger partial charge in [-0.25, -0.2) is 0 Å². The molecule has 1 heteroatoms. The number of ether oxygens (including phenoxy) is 1. The van der Waals surface area contributed by atoms with E-state index in [2.05, 4.69) is 54.6 Å². The molecule has 2 aromatic rings. The maximum atomic E-state index is 5.46. The molecule has 0 spiro atoms. The summed E-state index contributed by atoms with van der Waals surface area (Å²) in [6, 6.07) is 15.1. The Balaban J connectivity index is 2.04. The van der Waals surface area contributed by atoms with Crippen LogP contribution in [0.3, 0.4) is 0 Å². The lowest BCUT2D eigenvalue weighted by Crippen LogP contribution is -2.10. The molecule has 0 amide bonds. The molecule has 0 radical (unpaired) electrons. The Labute approximate surface area is 95.4 Å². The number of hydrogen-bond acceptors (Lipinski definition) is 1. The van der Waals surface area contributed by atoms with Crippen LogP contribution in [-0.4, -0.2) is 13.2 Å². The van der Waals surface area contributed by atoms with Gasteiger partial charge in [0.2, 0.25) is 0 Å². The molecule has 1 heterocycles. The quantitative estimate of drug-likeness (QED) is 0.654. The van der Waals surface area contributed by atoms with E-state index in [1.165, 1.54) is 16.3 Å². The van der Waals surface area contributed by atoms with Crippen molar-refractivity contribution in [3.63, 3.8) is 0 Å². The minimum atomic E-state index is 0.415. The van der Waals surface area contributed by atoms with E-state index in [4.69, 9.17) is 4.74 Å². The molecule has 1 atom stereocenters. The van der Waals surface area contributed by atoms with Crippen molar-refractivity contribution in [3.05, 3.63) is 60.2 Å². The molecule has 0 saturated heterocycles. The largest absolute Gasteiger partial charge is 0.376 e. The highest BCUT2D eigenvalue weighted by Crippen LogP contribution is 2.24. The van der Waals surface area contributed by atoms with E-state index in [1.807, 2.05) is 0 Å². The summed E-state index contributed by atoms with van der Waals surface area (Å²) in [4.78, 5) is 0. The van der Waals surface area contributed by atoms with Crippen molar-refractivity contribution in [2.45, 2.75) is 5.92 Å². The Hall–Kier alpha value is -1.60. The molecule has 16 heavy (non-hydrogen) atoms. The Morgan fingerprint density at radius 3 is 2.69 bits per heavy atom. The van der Waals surface area contributed by atoms with Crippen LogP contribution in [0, 0.1) is 0 Å². The van der Waals surface area contributed by atoms with Gasteiger partial charge in [0.25, 0.3) is 0 Å². The highest BCUT2D eigenvalue weighted by molar-refractivity contribution is 5.83. The number of rotatable bonds is 1. The van der Waals surface area contributed by atoms with Crippen LogP contribution < -0.4 is 0 Å². The van der Waals surface area contributed by atoms with Gasteiger partial charge in [0.1, 0.15) is 0 Å². The van der Waals surface area contributed by atoms with Crippen LogP contribution >= 0.6 is 0 Å². The van der Waals surface area contributed by atoms with Crippen molar-refractivity contribution in [3.8, 4) is 0 Å². The number of benzene rings is 2. The predicted octanol–water partition coefficient (Wildman–Crippen LogP) is 3.51. The third-order valence-electron chi connectivity index (χ3n) is 3.08. The standard InChI is InChI=1S/C15H14O/c1-2-5-13-10-14(8-7-12(13)4-1)15-6-3-9-16-11-15/h1-8,10,15H,9,11H2. The van der Waals surface area contributed by atoms with Crippen LogP contribution in [0.15, 0.2) is 54.6 Å². The van der Waals surface area contributed by atoms with Crippen molar-refractivity contribution in [1.29, 1.82) is 0 Å². The normalized spacial score (nSPS) is 20.1. The molecule has 0 saturated carbocycles. The summed E-state index contributed by atoms with van der Waals surface area (Å²) >= 11 is 0. The topological polar surface area (TPSA) is 9.23 Å². The van der Waals surface area contributed by atoms with E-state index in [9.17, 15) is 0 Å². The van der Waals surface area contributed by atoms with Gasteiger partial charge < -0.3 is 4.74 Å². The average Bonchev–Trinajstić information content (AvgIpc) is 2.39. The smallest absolute Gasteiger partial charge is 0.0648 e. The van der Waals surface area contributed by atoms with Crippen molar-refractivity contribution in [1.82, 2.24) is 0 Å². The molecule has 1 aliphatic rings. The van der Waals surface area contributed by atoms with Gasteiger partial charge in [0.15, 0.2) is 0 Å². The molecule has 2 aromatic carbocycles. The Morgan fingerprint density at radius 1 is 1.00 bits per heavy atom. The fourth-order valence-electron chi connectivity index (χ4n) is 2.18. The van der Waals surface area contributed by atoms with Crippen LogP contribution in [0.2, 0.25) is 0 Å². The fourth-order valence-corrected chi connectivity index (χ4v) is 2.18. The maximum Gasteiger partial charge on any atom is 0.0648 e. The van der Waals surface area contributed by atoms with E-state index >= 15 is 0 Å². The Bertz CT molecular complexity index is 528. The van der Waals surface area contributed by atoms with E-state index in [1.54, 1.807) is 0 Å². The molecule has 3 rings (SSSR count). The highest BCUT2D eigenvalue weighted by atomic mass is 16.5. The Morgan fingerprint density at radius 2 is 1.88 bits per heavy atom. The van der Waals surface area contributed by atoms with Gasteiger partial charge in [0.05, 0.1) is 13.2 Å². The fraction of sp³-hybridized carbons (Fsp3) is 0.200. The summed E-state index contributed by atoms with van der Waals surface area (Å²) in [6.07, 6.45) is 4.34. The summed E-state index contributed by atoms with van der Waals surface area (Å²) in [6.45, 7) is 1.55. The van der Waals surface area contributed by atoms with E-state index < -0.39 is 0 Å². The first-order valence-electron chi connectivity index (χ1n) is 5.66. The summed E-state index contributed by atoms with van der Waals surface area (Å²) in [5.74, 6) is 0.415. The highest BCUT2D eigenvalue weighted by Gasteiger charge is 2.11. The van der Waals surface area contributed by atoms with Crippen molar-refractivity contribution >= 4 is 10.8 Å². The molecular weight excluding hydrogens is 196 g/mol. The van der Waals surface area contributed by atoms with Crippen LogP contribution in [0.1, 0.15) is 11.5 Å². The summed E-state index contributed by atoms with van der Waals surface area (Å²) in [7, 11) is 0. The monoisotopic (exact) mass is 210 g/mol. The number of fused-ring (bicyclic) bond motifs is 1. The molecule has 0 bridgehead atoms.